The third-order valence-corrected chi connectivity index (χ3v) is 4.09. The van der Waals surface area contributed by atoms with Gasteiger partial charge in [-0.25, -0.2) is 0 Å². The van der Waals surface area contributed by atoms with Crippen molar-refractivity contribution in [3.8, 4) is 0 Å². The molecule has 0 radical (unpaired) electrons. The zero-order chi connectivity index (χ0) is 15.1. The fourth-order valence-corrected chi connectivity index (χ4v) is 2.72. The second-order valence-electron chi connectivity index (χ2n) is 6.53. The van der Waals surface area contributed by atoms with E-state index in [0.29, 0.717) is 6.42 Å². The summed E-state index contributed by atoms with van der Waals surface area (Å²) >= 11 is 5.30. The van der Waals surface area contributed by atoms with Gasteiger partial charge in [0, 0.05) is 6.42 Å². The summed E-state index contributed by atoms with van der Waals surface area (Å²) in [4.78, 5) is 10.5. The first-order valence-corrected chi connectivity index (χ1v) is 9.19. The fourth-order valence-electron chi connectivity index (χ4n) is 2.58. The Bertz CT molecular complexity index is 213. The normalized spacial score (nSPS) is 11.2. The highest BCUT2D eigenvalue weighted by Crippen LogP contribution is 2.14. The van der Waals surface area contributed by atoms with Crippen molar-refractivity contribution in [2.45, 2.75) is 104 Å². The van der Waals surface area contributed by atoms with Gasteiger partial charge in [-0.1, -0.05) is 90.9 Å². The molecule has 0 rings (SSSR count). The van der Waals surface area contributed by atoms with Crippen LogP contribution >= 0.6 is 11.6 Å². The first-order chi connectivity index (χ1) is 9.63. The summed E-state index contributed by atoms with van der Waals surface area (Å²) in [5, 5.41) is -0.182. The molecule has 1 nitrogen and oxygen atoms in total. The molecular formula is C18H35ClO. The highest BCUT2D eigenvalue weighted by Gasteiger charge is 1.97. The fraction of sp³-hybridized carbons (Fsp3) is 0.944. The molecule has 0 saturated heterocycles. The molecule has 0 amide bonds. The number of hydrogen-bond donors (Lipinski definition) is 0. The minimum Gasteiger partial charge on any atom is -0.281 e. The van der Waals surface area contributed by atoms with Gasteiger partial charge in [0.15, 0.2) is 0 Å². The van der Waals surface area contributed by atoms with Crippen LogP contribution in [0.4, 0.5) is 0 Å². The Morgan fingerprint density at radius 1 is 0.700 bits per heavy atom. The van der Waals surface area contributed by atoms with Crippen LogP contribution in [-0.4, -0.2) is 5.24 Å². The quantitative estimate of drug-likeness (QED) is 0.238. The standard InChI is InChI=1S/C18H35ClO/c1-17(2)15-13-11-9-7-5-3-4-6-8-10-12-14-16-18(19)20/h17H,3-16H2,1-2H3. The molecule has 0 aromatic carbocycles. The largest absolute Gasteiger partial charge is 0.281 e. The van der Waals surface area contributed by atoms with Gasteiger partial charge in [0.05, 0.1) is 0 Å². The van der Waals surface area contributed by atoms with Crippen LogP contribution in [0.5, 0.6) is 0 Å². The molecule has 0 unspecified atom stereocenters. The van der Waals surface area contributed by atoms with Crippen molar-refractivity contribution >= 4 is 16.8 Å². The molecule has 0 heterocycles. The lowest BCUT2D eigenvalue weighted by Gasteiger charge is -2.04. The summed E-state index contributed by atoms with van der Waals surface area (Å²) in [6, 6.07) is 0. The molecular weight excluding hydrogens is 268 g/mol. The van der Waals surface area contributed by atoms with Crippen molar-refractivity contribution in [1.29, 1.82) is 0 Å². The van der Waals surface area contributed by atoms with Crippen LogP contribution in [-0.2, 0) is 4.79 Å². The predicted molar refractivity (Wildman–Crippen MR) is 90.3 cm³/mol. The molecule has 0 aromatic rings. The van der Waals surface area contributed by atoms with Gasteiger partial charge in [0.2, 0.25) is 5.24 Å². The van der Waals surface area contributed by atoms with Gasteiger partial charge in [0.1, 0.15) is 0 Å². The lowest BCUT2D eigenvalue weighted by molar-refractivity contribution is -0.111. The van der Waals surface area contributed by atoms with Gasteiger partial charge in [-0.2, -0.15) is 0 Å². The number of rotatable bonds is 15. The molecule has 0 spiro atoms. The molecule has 0 fully saturated rings. The van der Waals surface area contributed by atoms with Gasteiger partial charge in [-0.05, 0) is 23.9 Å². The number of carbonyl (C=O) groups is 1. The van der Waals surface area contributed by atoms with Crippen LogP contribution in [0.15, 0.2) is 0 Å². The second-order valence-corrected chi connectivity index (χ2v) is 6.95. The average molecular weight is 303 g/mol. The minimum atomic E-state index is -0.182. The first-order valence-electron chi connectivity index (χ1n) is 8.81. The zero-order valence-corrected chi connectivity index (χ0v) is 14.5. The highest BCUT2D eigenvalue weighted by molar-refractivity contribution is 6.63. The van der Waals surface area contributed by atoms with Crippen molar-refractivity contribution < 1.29 is 4.79 Å². The highest BCUT2D eigenvalue weighted by atomic mass is 35.5. The average Bonchev–Trinajstić information content (AvgIpc) is 2.38. The molecule has 0 N–H and O–H groups in total. The van der Waals surface area contributed by atoms with Crippen LogP contribution in [0.1, 0.15) is 104 Å². The van der Waals surface area contributed by atoms with E-state index in [-0.39, 0.29) is 5.24 Å². The second kappa shape index (κ2) is 15.4. The van der Waals surface area contributed by atoms with Gasteiger partial charge < -0.3 is 0 Å². The topological polar surface area (TPSA) is 17.1 Å². The summed E-state index contributed by atoms with van der Waals surface area (Å²) in [7, 11) is 0. The Labute approximate surface area is 131 Å². The van der Waals surface area contributed by atoms with E-state index in [2.05, 4.69) is 13.8 Å². The van der Waals surface area contributed by atoms with E-state index in [1.165, 1.54) is 70.6 Å². The molecule has 0 bridgehead atoms. The Hall–Kier alpha value is -0.0400. The molecule has 2 heteroatoms. The zero-order valence-electron chi connectivity index (χ0n) is 13.8. The third kappa shape index (κ3) is 18.0. The number of unbranched alkanes of at least 4 members (excludes halogenated alkanes) is 11. The maximum absolute atomic E-state index is 10.5. The smallest absolute Gasteiger partial charge is 0.221 e. The number of hydrogen-bond acceptors (Lipinski definition) is 1. The van der Waals surface area contributed by atoms with E-state index in [0.717, 1.165) is 18.8 Å². The molecule has 20 heavy (non-hydrogen) atoms. The summed E-state index contributed by atoms with van der Waals surface area (Å²) in [6.45, 7) is 4.63. The summed E-state index contributed by atoms with van der Waals surface area (Å²) < 4.78 is 0. The lowest BCUT2D eigenvalue weighted by atomic mass is 10.0. The number of carbonyl (C=O) groups excluding carboxylic acids is 1. The van der Waals surface area contributed by atoms with Crippen LogP contribution in [0, 0.1) is 5.92 Å². The molecule has 0 aliphatic carbocycles. The van der Waals surface area contributed by atoms with Crippen molar-refractivity contribution in [3.63, 3.8) is 0 Å². The van der Waals surface area contributed by atoms with Crippen molar-refractivity contribution in [2.24, 2.45) is 5.92 Å². The third-order valence-electron chi connectivity index (χ3n) is 3.90. The van der Waals surface area contributed by atoms with Crippen molar-refractivity contribution in [3.05, 3.63) is 0 Å². The summed E-state index contributed by atoms with van der Waals surface area (Å²) in [5.74, 6) is 0.873. The Kier molecular flexibility index (Phi) is 15.3. The molecule has 0 aliphatic rings. The Morgan fingerprint density at radius 3 is 1.40 bits per heavy atom. The maximum atomic E-state index is 10.5. The van der Waals surface area contributed by atoms with E-state index in [4.69, 9.17) is 11.6 Å². The van der Waals surface area contributed by atoms with E-state index in [1.54, 1.807) is 0 Å². The van der Waals surface area contributed by atoms with E-state index in [1.807, 2.05) is 0 Å². The van der Waals surface area contributed by atoms with Crippen LogP contribution < -0.4 is 0 Å². The SMILES string of the molecule is CC(C)CCCCCCCCCCCCCCC(=O)Cl. The van der Waals surface area contributed by atoms with Crippen LogP contribution in [0.25, 0.3) is 0 Å². The van der Waals surface area contributed by atoms with E-state index < -0.39 is 0 Å². The van der Waals surface area contributed by atoms with Crippen molar-refractivity contribution in [2.75, 3.05) is 0 Å². The first kappa shape index (κ1) is 20.0. The molecule has 0 saturated carbocycles. The van der Waals surface area contributed by atoms with Crippen molar-refractivity contribution in [1.82, 2.24) is 0 Å². The molecule has 0 aliphatic heterocycles. The number of halogens is 1. The van der Waals surface area contributed by atoms with Gasteiger partial charge >= 0.3 is 0 Å². The molecule has 0 aromatic heterocycles. The Balaban J connectivity index is 2.97. The van der Waals surface area contributed by atoms with E-state index in [9.17, 15) is 4.79 Å². The van der Waals surface area contributed by atoms with Gasteiger partial charge in [0.25, 0.3) is 0 Å². The van der Waals surface area contributed by atoms with E-state index >= 15 is 0 Å². The molecule has 120 valence electrons. The monoisotopic (exact) mass is 302 g/mol. The summed E-state index contributed by atoms with van der Waals surface area (Å²) in [5.41, 5.74) is 0. The maximum Gasteiger partial charge on any atom is 0.221 e. The van der Waals surface area contributed by atoms with Gasteiger partial charge in [-0.3, -0.25) is 4.79 Å². The van der Waals surface area contributed by atoms with Gasteiger partial charge in [-0.15, -0.1) is 0 Å². The minimum absolute atomic E-state index is 0.182. The van der Waals surface area contributed by atoms with Crippen LogP contribution in [0.2, 0.25) is 0 Å². The predicted octanol–water partition coefficient (Wildman–Crippen LogP) is 6.87. The Morgan fingerprint density at radius 2 is 1.05 bits per heavy atom. The summed E-state index contributed by atoms with van der Waals surface area (Å²) in [6.07, 6.45) is 18.0. The molecule has 0 atom stereocenters. The lowest BCUT2D eigenvalue weighted by Crippen LogP contribution is -1.87. The van der Waals surface area contributed by atoms with Crippen LogP contribution in [0.3, 0.4) is 0 Å².